The van der Waals surface area contributed by atoms with E-state index in [2.05, 4.69) is 4.98 Å². The number of Topliss-reactive ketones (excluding diaryl/α,β-unsaturated/α-hetero) is 1. The lowest BCUT2D eigenvalue weighted by molar-refractivity contribution is -0.130. The zero-order valence-electron chi connectivity index (χ0n) is 8.64. The van der Waals surface area contributed by atoms with E-state index in [1.165, 1.54) is 16.2 Å². The second kappa shape index (κ2) is 4.99. The molecular weight excluding hydrogens is 214 g/mol. The predicted octanol–water partition coefficient (Wildman–Crippen LogP) is 0.131. The van der Waals surface area contributed by atoms with Crippen LogP contribution in [-0.4, -0.2) is 41.2 Å². The molecule has 5 nitrogen and oxygen atoms in total. The highest BCUT2D eigenvalue weighted by Gasteiger charge is 2.18. The maximum atomic E-state index is 11.6. The summed E-state index contributed by atoms with van der Waals surface area (Å²) in [7, 11) is 1.55. The van der Waals surface area contributed by atoms with Gasteiger partial charge in [-0.1, -0.05) is 0 Å². The number of carbonyl (C=O) groups excluding carboxylic acids is 2. The fourth-order valence-electron chi connectivity index (χ4n) is 1.07. The molecule has 0 unspecified atom stereocenters. The number of hydrogen-bond acceptors (Lipinski definition) is 5. The number of amides is 1. The number of rotatable bonds is 4. The van der Waals surface area contributed by atoms with E-state index in [0.29, 0.717) is 5.01 Å². The molecule has 0 spiro atoms. The van der Waals surface area contributed by atoms with Gasteiger partial charge in [-0.05, 0) is 6.92 Å². The minimum atomic E-state index is -0.584. The molecule has 0 aliphatic heterocycles. The number of hydrogen-bond donors (Lipinski definition) is 1. The number of carbonyl (C=O) groups is 2. The molecule has 82 valence electrons. The van der Waals surface area contributed by atoms with Crippen LogP contribution in [0.1, 0.15) is 16.7 Å². The molecule has 1 rings (SSSR count). The first kappa shape index (κ1) is 11.8. The van der Waals surface area contributed by atoms with E-state index < -0.39 is 6.04 Å². The third-order valence-electron chi connectivity index (χ3n) is 1.82. The zero-order valence-corrected chi connectivity index (χ0v) is 9.45. The molecule has 1 atom stereocenters. The van der Waals surface area contributed by atoms with Crippen LogP contribution >= 0.6 is 11.3 Å². The standard InChI is InChI=1S/C9H13N3O2S/c1-6(10)9(14)12(2)5-7(13)8-11-3-4-15-8/h3-4,6H,5,10H2,1-2H3/t6-/m0/s1. The third-order valence-corrected chi connectivity index (χ3v) is 2.63. The van der Waals surface area contributed by atoms with Crippen LogP contribution in [0.4, 0.5) is 0 Å². The van der Waals surface area contributed by atoms with E-state index in [1.807, 2.05) is 0 Å². The molecule has 0 bridgehead atoms. The summed E-state index contributed by atoms with van der Waals surface area (Å²) in [6.07, 6.45) is 1.56. The molecule has 0 aromatic carbocycles. The summed E-state index contributed by atoms with van der Waals surface area (Å²) in [5.74, 6) is -0.415. The van der Waals surface area contributed by atoms with Crippen LogP contribution in [0.3, 0.4) is 0 Å². The van der Waals surface area contributed by atoms with Gasteiger partial charge in [0.25, 0.3) is 0 Å². The first-order valence-electron chi connectivity index (χ1n) is 4.45. The number of aromatic nitrogens is 1. The Labute approximate surface area is 91.9 Å². The van der Waals surface area contributed by atoms with Crippen LogP contribution in [0.25, 0.3) is 0 Å². The fourth-order valence-corrected chi connectivity index (χ4v) is 1.64. The van der Waals surface area contributed by atoms with Gasteiger partial charge in [0.1, 0.15) is 0 Å². The monoisotopic (exact) mass is 227 g/mol. The quantitative estimate of drug-likeness (QED) is 0.742. The second-order valence-corrected chi connectivity index (χ2v) is 4.14. The highest BCUT2D eigenvalue weighted by Crippen LogP contribution is 2.05. The van der Waals surface area contributed by atoms with Crippen molar-refractivity contribution in [2.45, 2.75) is 13.0 Å². The third kappa shape index (κ3) is 3.10. The highest BCUT2D eigenvalue weighted by molar-refractivity contribution is 7.11. The van der Waals surface area contributed by atoms with Crippen molar-refractivity contribution >= 4 is 23.0 Å². The molecule has 6 heteroatoms. The Kier molecular flexibility index (Phi) is 3.93. The van der Waals surface area contributed by atoms with E-state index in [4.69, 9.17) is 5.73 Å². The molecule has 0 aliphatic rings. The number of nitrogens with two attached hydrogens (primary N) is 1. The van der Waals surface area contributed by atoms with Gasteiger partial charge in [-0.3, -0.25) is 9.59 Å². The molecule has 1 heterocycles. The van der Waals surface area contributed by atoms with Gasteiger partial charge in [-0.25, -0.2) is 4.98 Å². The average Bonchev–Trinajstić information content (AvgIpc) is 2.68. The van der Waals surface area contributed by atoms with Crippen LogP contribution < -0.4 is 5.73 Å². The van der Waals surface area contributed by atoms with Crippen molar-refractivity contribution in [2.75, 3.05) is 13.6 Å². The first-order valence-corrected chi connectivity index (χ1v) is 5.33. The van der Waals surface area contributed by atoms with Crippen LogP contribution in [0.5, 0.6) is 0 Å². The summed E-state index contributed by atoms with van der Waals surface area (Å²) in [5.41, 5.74) is 5.42. The normalized spacial score (nSPS) is 12.2. The number of ketones is 1. The van der Waals surface area contributed by atoms with E-state index in [-0.39, 0.29) is 18.2 Å². The van der Waals surface area contributed by atoms with Crippen LogP contribution in [0.2, 0.25) is 0 Å². The Morgan fingerprint density at radius 2 is 2.33 bits per heavy atom. The second-order valence-electron chi connectivity index (χ2n) is 3.24. The lowest BCUT2D eigenvalue weighted by Gasteiger charge is -2.17. The van der Waals surface area contributed by atoms with E-state index >= 15 is 0 Å². The number of likely N-dealkylation sites (N-methyl/N-ethyl adjacent to an activating group) is 1. The Hall–Kier alpha value is -1.27. The molecule has 0 radical (unpaired) electrons. The minimum absolute atomic E-state index is 0.0217. The Morgan fingerprint density at radius 1 is 1.67 bits per heavy atom. The van der Waals surface area contributed by atoms with E-state index in [1.54, 1.807) is 25.5 Å². The van der Waals surface area contributed by atoms with Gasteiger partial charge >= 0.3 is 0 Å². The highest BCUT2D eigenvalue weighted by atomic mass is 32.1. The van der Waals surface area contributed by atoms with Gasteiger partial charge in [0.05, 0.1) is 12.6 Å². The van der Waals surface area contributed by atoms with Crippen molar-refractivity contribution in [1.29, 1.82) is 0 Å². The first-order chi connectivity index (χ1) is 7.02. The van der Waals surface area contributed by atoms with Crippen molar-refractivity contribution in [2.24, 2.45) is 5.73 Å². The van der Waals surface area contributed by atoms with Crippen molar-refractivity contribution < 1.29 is 9.59 Å². The largest absolute Gasteiger partial charge is 0.337 e. The van der Waals surface area contributed by atoms with Crippen molar-refractivity contribution in [3.05, 3.63) is 16.6 Å². The van der Waals surface area contributed by atoms with Crippen molar-refractivity contribution in [3.63, 3.8) is 0 Å². The van der Waals surface area contributed by atoms with Crippen molar-refractivity contribution in [1.82, 2.24) is 9.88 Å². The smallest absolute Gasteiger partial charge is 0.239 e. The summed E-state index contributed by atoms with van der Waals surface area (Å²) < 4.78 is 0. The number of nitrogens with zero attached hydrogens (tertiary/aromatic N) is 2. The maximum Gasteiger partial charge on any atom is 0.239 e. The van der Waals surface area contributed by atoms with Gasteiger partial charge in [0, 0.05) is 18.6 Å². The van der Waals surface area contributed by atoms with Gasteiger partial charge in [-0.15, -0.1) is 11.3 Å². The zero-order chi connectivity index (χ0) is 11.4. The molecule has 1 aromatic rings. The SMILES string of the molecule is C[C@H](N)C(=O)N(C)CC(=O)c1nccs1. The molecule has 0 aliphatic carbocycles. The molecular formula is C9H13N3O2S. The van der Waals surface area contributed by atoms with Crippen LogP contribution in [-0.2, 0) is 4.79 Å². The van der Waals surface area contributed by atoms with Crippen LogP contribution in [0, 0.1) is 0 Å². The Morgan fingerprint density at radius 3 is 2.80 bits per heavy atom. The Balaban J connectivity index is 2.56. The summed E-state index contributed by atoms with van der Waals surface area (Å²) in [6.45, 7) is 1.61. The number of thiazole rings is 1. The van der Waals surface area contributed by atoms with E-state index in [9.17, 15) is 9.59 Å². The molecule has 15 heavy (non-hydrogen) atoms. The van der Waals surface area contributed by atoms with Crippen molar-refractivity contribution in [3.8, 4) is 0 Å². The minimum Gasteiger partial charge on any atom is -0.337 e. The van der Waals surface area contributed by atoms with Crippen LogP contribution in [0.15, 0.2) is 11.6 Å². The lowest BCUT2D eigenvalue weighted by Crippen LogP contribution is -2.42. The topological polar surface area (TPSA) is 76.3 Å². The molecule has 0 saturated heterocycles. The molecule has 0 saturated carbocycles. The van der Waals surface area contributed by atoms with Gasteiger partial charge in [0.2, 0.25) is 11.7 Å². The summed E-state index contributed by atoms with van der Waals surface area (Å²) in [4.78, 5) is 28.1. The van der Waals surface area contributed by atoms with Gasteiger partial charge < -0.3 is 10.6 Å². The molecule has 1 amide bonds. The molecule has 1 aromatic heterocycles. The van der Waals surface area contributed by atoms with E-state index in [0.717, 1.165) is 0 Å². The molecule has 0 fully saturated rings. The molecule has 2 N–H and O–H groups in total. The summed E-state index contributed by atoms with van der Waals surface area (Å²) in [6, 6.07) is -0.584. The fraction of sp³-hybridized carbons (Fsp3) is 0.444. The van der Waals surface area contributed by atoms with Gasteiger partial charge in [0.15, 0.2) is 5.01 Å². The Bertz CT molecular complexity index is 348. The lowest BCUT2D eigenvalue weighted by atomic mass is 10.3. The predicted molar refractivity (Wildman–Crippen MR) is 57.7 cm³/mol. The maximum absolute atomic E-state index is 11.6. The average molecular weight is 227 g/mol. The summed E-state index contributed by atoms with van der Waals surface area (Å²) >= 11 is 1.26. The van der Waals surface area contributed by atoms with Gasteiger partial charge in [-0.2, -0.15) is 0 Å². The summed E-state index contributed by atoms with van der Waals surface area (Å²) in [5, 5.41) is 2.14.